The maximum Gasteiger partial charge on any atom is 0.242 e. The molecule has 7 nitrogen and oxygen atoms in total. The number of rotatable bonds is 7. The highest BCUT2D eigenvalue weighted by atomic mass is 35.5. The van der Waals surface area contributed by atoms with Crippen LogP contribution in [0.5, 0.6) is 0 Å². The molecular formula is C22H26ClN3O4. The summed E-state index contributed by atoms with van der Waals surface area (Å²) in [4.78, 5) is 53.1. The van der Waals surface area contributed by atoms with Crippen LogP contribution in [0, 0.1) is 11.8 Å². The van der Waals surface area contributed by atoms with Crippen molar-refractivity contribution in [1.82, 2.24) is 15.1 Å². The fourth-order valence-electron chi connectivity index (χ4n) is 4.04. The average Bonchev–Trinajstić information content (AvgIpc) is 3.00. The van der Waals surface area contributed by atoms with Gasteiger partial charge in [0.05, 0.1) is 11.8 Å². The van der Waals surface area contributed by atoms with E-state index in [0.29, 0.717) is 23.4 Å². The molecule has 0 spiro atoms. The number of likely N-dealkylation sites (tertiary alicyclic amines) is 1. The molecule has 1 N–H and O–H groups in total. The van der Waals surface area contributed by atoms with E-state index in [1.165, 1.54) is 16.8 Å². The van der Waals surface area contributed by atoms with E-state index in [1.807, 2.05) is 18.2 Å². The summed E-state index contributed by atoms with van der Waals surface area (Å²) in [6, 6.07) is 6.40. The highest BCUT2D eigenvalue weighted by Gasteiger charge is 2.47. The number of hydrogen-bond acceptors (Lipinski definition) is 4. The third-order valence-electron chi connectivity index (χ3n) is 5.86. The second kappa shape index (κ2) is 9.43. The van der Waals surface area contributed by atoms with Crippen molar-refractivity contribution < 1.29 is 19.2 Å². The van der Waals surface area contributed by atoms with E-state index >= 15 is 0 Å². The Hall–Kier alpha value is -2.67. The molecule has 3 rings (SSSR count). The third kappa shape index (κ3) is 4.41. The lowest BCUT2D eigenvalue weighted by Crippen LogP contribution is -2.47. The summed E-state index contributed by atoms with van der Waals surface area (Å²) < 4.78 is 0. The predicted octanol–water partition coefficient (Wildman–Crippen LogP) is 2.14. The molecule has 4 amide bonds. The number of benzene rings is 1. The zero-order chi connectivity index (χ0) is 21.8. The summed E-state index contributed by atoms with van der Waals surface area (Å²) in [6.07, 6.45) is 4.93. The normalized spacial score (nSPS) is 21.4. The quantitative estimate of drug-likeness (QED) is 0.529. The Labute approximate surface area is 181 Å². The summed E-state index contributed by atoms with van der Waals surface area (Å²) in [5, 5.41) is 3.05. The van der Waals surface area contributed by atoms with Gasteiger partial charge < -0.3 is 10.2 Å². The fourth-order valence-corrected chi connectivity index (χ4v) is 4.24. The van der Waals surface area contributed by atoms with E-state index in [9.17, 15) is 19.2 Å². The maximum absolute atomic E-state index is 13.0. The van der Waals surface area contributed by atoms with Crippen LogP contribution in [0.1, 0.15) is 31.7 Å². The first-order valence-electron chi connectivity index (χ1n) is 10.1. The number of nitrogens with one attached hydrogen (secondary N) is 1. The van der Waals surface area contributed by atoms with Gasteiger partial charge >= 0.3 is 0 Å². The van der Waals surface area contributed by atoms with Gasteiger partial charge in [-0.25, -0.2) is 0 Å². The van der Waals surface area contributed by atoms with Crippen molar-refractivity contribution in [2.45, 2.75) is 38.8 Å². The number of allylic oxidation sites excluding steroid dienone is 2. The molecule has 3 atom stereocenters. The summed E-state index contributed by atoms with van der Waals surface area (Å²) in [6.45, 7) is 1.81. The number of amides is 4. The fraction of sp³-hybridized carbons (Fsp3) is 0.455. The van der Waals surface area contributed by atoms with E-state index in [-0.39, 0.29) is 55.0 Å². The van der Waals surface area contributed by atoms with Gasteiger partial charge in [0.15, 0.2) is 0 Å². The second-order valence-electron chi connectivity index (χ2n) is 7.64. The second-order valence-corrected chi connectivity index (χ2v) is 8.04. The number of fused-ring (bicyclic) bond motifs is 1. The van der Waals surface area contributed by atoms with E-state index in [0.717, 1.165) is 0 Å². The van der Waals surface area contributed by atoms with Gasteiger partial charge in [-0.2, -0.15) is 0 Å². The lowest BCUT2D eigenvalue weighted by atomic mass is 9.85. The number of carbonyl (C=O) groups is 4. The minimum absolute atomic E-state index is 0.0169. The van der Waals surface area contributed by atoms with Crippen LogP contribution in [-0.4, -0.2) is 53.1 Å². The number of hydrogen-bond donors (Lipinski definition) is 1. The van der Waals surface area contributed by atoms with Crippen molar-refractivity contribution >= 4 is 35.2 Å². The Kier molecular flexibility index (Phi) is 6.92. The van der Waals surface area contributed by atoms with Crippen LogP contribution >= 0.6 is 11.6 Å². The molecule has 160 valence electrons. The average molecular weight is 432 g/mol. The molecule has 1 fully saturated rings. The Morgan fingerprint density at radius 2 is 1.77 bits per heavy atom. The molecule has 0 saturated carbocycles. The molecule has 1 saturated heterocycles. The van der Waals surface area contributed by atoms with Crippen molar-refractivity contribution in [2.24, 2.45) is 11.8 Å². The van der Waals surface area contributed by atoms with Crippen molar-refractivity contribution in [3.05, 3.63) is 47.0 Å². The molecule has 0 radical (unpaired) electrons. The van der Waals surface area contributed by atoms with Crippen LogP contribution in [0.15, 0.2) is 36.4 Å². The van der Waals surface area contributed by atoms with E-state index in [4.69, 9.17) is 11.6 Å². The summed E-state index contributed by atoms with van der Waals surface area (Å²) in [5.41, 5.74) is 0.716. The van der Waals surface area contributed by atoms with Gasteiger partial charge in [0.1, 0.15) is 6.04 Å². The SMILES string of the molecule is CNC(=O)[C@@H](C)N(Cc1ccccc1Cl)C(=O)CCN1C(=O)[C@H]2CC=CC[C@H]2C1=O. The third-order valence-corrected chi connectivity index (χ3v) is 6.23. The van der Waals surface area contributed by atoms with Gasteiger partial charge in [-0.05, 0) is 31.4 Å². The van der Waals surface area contributed by atoms with E-state index < -0.39 is 6.04 Å². The molecule has 1 aliphatic carbocycles. The lowest BCUT2D eigenvalue weighted by Gasteiger charge is -2.29. The molecule has 1 heterocycles. The zero-order valence-corrected chi connectivity index (χ0v) is 17.9. The van der Waals surface area contributed by atoms with Gasteiger partial charge in [0.25, 0.3) is 0 Å². The Morgan fingerprint density at radius 1 is 1.17 bits per heavy atom. The summed E-state index contributed by atoms with van der Waals surface area (Å²) >= 11 is 6.24. The minimum Gasteiger partial charge on any atom is -0.357 e. The number of likely N-dealkylation sites (N-methyl/N-ethyl adjacent to an activating group) is 1. The van der Waals surface area contributed by atoms with Crippen LogP contribution in [0.3, 0.4) is 0 Å². The van der Waals surface area contributed by atoms with Crippen molar-refractivity contribution in [3.63, 3.8) is 0 Å². The van der Waals surface area contributed by atoms with Crippen LogP contribution in [0.2, 0.25) is 5.02 Å². The first kappa shape index (κ1) is 22.0. The van der Waals surface area contributed by atoms with Gasteiger partial charge in [0, 0.05) is 31.6 Å². The molecule has 0 unspecified atom stereocenters. The smallest absolute Gasteiger partial charge is 0.242 e. The monoisotopic (exact) mass is 431 g/mol. The van der Waals surface area contributed by atoms with Gasteiger partial charge in [-0.15, -0.1) is 0 Å². The summed E-state index contributed by atoms with van der Waals surface area (Å²) in [7, 11) is 1.51. The number of imide groups is 1. The maximum atomic E-state index is 13.0. The molecule has 1 aliphatic heterocycles. The zero-order valence-electron chi connectivity index (χ0n) is 17.1. The van der Waals surface area contributed by atoms with Gasteiger partial charge in [0.2, 0.25) is 23.6 Å². The van der Waals surface area contributed by atoms with Gasteiger partial charge in [-0.3, -0.25) is 24.1 Å². The standard InChI is InChI=1S/C22H26ClN3O4/c1-14(20(28)24-2)26(13-15-7-3-6-10-18(15)23)19(27)11-12-25-21(29)16-8-4-5-9-17(16)22(25)30/h3-7,10,14,16-17H,8-9,11-13H2,1-2H3,(H,24,28)/t14-,16-,17+/m1/s1. The molecule has 0 aromatic heterocycles. The summed E-state index contributed by atoms with van der Waals surface area (Å²) in [5.74, 6) is -1.68. The highest BCUT2D eigenvalue weighted by molar-refractivity contribution is 6.31. The molecular weight excluding hydrogens is 406 g/mol. The van der Waals surface area contributed by atoms with Crippen molar-refractivity contribution in [1.29, 1.82) is 0 Å². The van der Waals surface area contributed by atoms with E-state index in [2.05, 4.69) is 5.32 Å². The molecule has 8 heteroatoms. The van der Waals surface area contributed by atoms with Crippen LogP contribution in [0.4, 0.5) is 0 Å². The van der Waals surface area contributed by atoms with Crippen LogP contribution in [-0.2, 0) is 25.7 Å². The molecule has 0 bridgehead atoms. The largest absolute Gasteiger partial charge is 0.357 e. The first-order chi connectivity index (χ1) is 14.3. The topological polar surface area (TPSA) is 86.8 Å². The van der Waals surface area contributed by atoms with E-state index in [1.54, 1.807) is 25.1 Å². The van der Waals surface area contributed by atoms with Crippen molar-refractivity contribution in [2.75, 3.05) is 13.6 Å². The Balaban J connectivity index is 1.71. The molecule has 1 aromatic carbocycles. The lowest BCUT2D eigenvalue weighted by molar-refractivity contribution is -0.143. The Bertz CT molecular complexity index is 859. The number of nitrogens with zero attached hydrogens (tertiary/aromatic N) is 2. The number of halogens is 1. The highest BCUT2D eigenvalue weighted by Crippen LogP contribution is 2.35. The van der Waals surface area contributed by atoms with Crippen LogP contribution in [0.25, 0.3) is 0 Å². The molecule has 30 heavy (non-hydrogen) atoms. The minimum atomic E-state index is -0.726. The molecule has 1 aromatic rings. The molecule has 2 aliphatic rings. The first-order valence-corrected chi connectivity index (χ1v) is 10.5. The van der Waals surface area contributed by atoms with Crippen LogP contribution < -0.4 is 5.32 Å². The number of carbonyl (C=O) groups excluding carboxylic acids is 4. The van der Waals surface area contributed by atoms with Crippen molar-refractivity contribution in [3.8, 4) is 0 Å². The predicted molar refractivity (Wildman–Crippen MR) is 112 cm³/mol. The van der Waals surface area contributed by atoms with Gasteiger partial charge in [-0.1, -0.05) is 42.0 Å². The Morgan fingerprint density at radius 3 is 2.33 bits per heavy atom.